The molecule has 0 bridgehead atoms. The lowest BCUT2D eigenvalue weighted by Gasteiger charge is -2.13. The van der Waals surface area contributed by atoms with E-state index in [0.717, 1.165) is 7.05 Å². The number of hydrogen-bond donors (Lipinski definition) is 1. The summed E-state index contributed by atoms with van der Waals surface area (Å²) in [5.74, 6) is -1.78. The molecule has 0 spiro atoms. The molecule has 4 nitrogen and oxygen atoms in total. The van der Waals surface area contributed by atoms with Crippen molar-refractivity contribution >= 4 is 5.84 Å². The van der Waals surface area contributed by atoms with Crippen molar-refractivity contribution in [2.24, 2.45) is 10.6 Å². The van der Waals surface area contributed by atoms with E-state index in [2.05, 4.69) is 5.22 Å². The maximum absolute atomic E-state index is 11.5. The molecule has 0 aliphatic rings. The molecule has 11 heavy (non-hydrogen) atoms. The summed E-state index contributed by atoms with van der Waals surface area (Å²) in [5, 5.41) is 10.2. The van der Waals surface area contributed by atoms with Gasteiger partial charge in [0.25, 0.3) is 0 Å². The van der Waals surface area contributed by atoms with Gasteiger partial charge in [-0.3, -0.25) is 5.41 Å². The minimum atomic E-state index is -4.83. The molecule has 0 amide bonds. The summed E-state index contributed by atoms with van der Waals surface area (Å²) in [4.78, 5) is 0. The molecule has 0 radical (unpaired) electrons. The summed E-state index contributed by atoms with van der Waals surface area (Å²) >= 11 is 0. The van der Waals surface area contributed by atoms with Crippen molar-refractivity contribution in [2.75, 3.05) is 7.05 Å². The van der Waals surface area contributed by atoms with Gasteiger partial charge in [-0.1, -0.05) is 4.48 Å². The molecular weight excluding hydrogens is 168 g/mol. The predicted molar refractivity (Wildman–Crippen MR) is 27.5 cm³/mol. The largest absolute Gasteiger partial charge is 0.450 e. The zero-order chi connectivity index (χ0) is 9.07. The highest BCUT2D eigenvalue weighted by Gasteiger charge is 2.37. The van der Waals surface area contributed by atoms with Gasteiger partial charge in [0.15, 0.2) is 0 Å². The Morgan fingerprint density at radius 3 is 2.18 bits per heavy atom. The van der Waals surface area contributed by atoms with Gasteiger partial charge in [-0.2, -0.15) is 13.2 Å². The first kappa shape index (κ1) is 9.79. The van der Waals surface area contributed by atoms with Gasteiger partial charge < -0.3 is 0 Å². The second-order valence-corrected chi connectivity index (χ2v) is 1.54. The van der Waals surface area contributed by atoms with Gasteiger partial charge >= 0.3 is 6.18 Å². The minimum absolute atomic E-state index is 0.0278. The summed E-state index contributed by atoms with van der Waals surface area (Å²) in [6.45, 7) is 0. The second kappa shape index (κ2) is 3.26. The lowest BCUT2D eigenvalue weighted by Crippen LogP contribution is -2.34. The number of rotatable bonds is 1. The Kier molecular flexibility index (Phi) is 2.90. The predicted octanol–water partition coefficient (Wildman–Crippen LogP) is 1.71. The Morgan fingerprint density at radius 2 is 1.91 bits per heavy atom. The highest BCUT2D eigenvalue weighted by Crippen LogP contribution is 2.17. The Balaban J connectivity index is 4.26. The van der Waals surface area contributed by atoms with Crippen LogP contribution in [0.3, 0.4) is 0 Å². The molecule has 0 fully saturated rings. The van der Waals surface area contributed by atoms with Gasteiger partial charge in [-0.15, -0.1) is 0 Å². The van der Waals surface area contributed by atoms with Crippen LogP contribution in [-0.4, -0.2) is 24.1 Å². The molecule has 0 rings (SSSR count). The number of hydrogen-bond acceptors (Lipinski definition) is 3. The molecule has 64 valence electrons. The van der Waals surface area contributed by atoms with Crippen molar-refractivity contribution < 1.29 is 17.7 Å². The highest BCUT2D eigenvalue weighted by molar-refractivity contribution is 5.83. The molecule has 0 unspecified atom stereocenters. The van der Waals surface area contributed by atoms with E-state index in [4.69, 9.17) is 5.41 Å². The summed E-state index contributed by atoms with van der Waals surface area (Å²) in [6, 6.07) is 0. The molecule has 1 N–H and O–H groups in total. The van der Waals surface area contributed by atoms with Crippen LogP contribution in [0.1, 0.15) is 0 Å². The Labute approximate surface area is 58.9 Å². The quantitative estimate of drug-likeness (QED) is 0.211. The topological polar surface area (TPSA) is 51.8 Å². The van der Waals surface area contributed by atoms with E-state index >= 15 is 0 Å². The van der Waals surface area contributed by atoms with Gasteiger partial charge in [0.1, 0.15) is 0 Å². The Bertz CT molecular complexity index is 173. The molecule has 0 saturated carbocycles. The average molecular weight is 172 g/mol. The highest BCUT2D eigenvalue weighted by atomic mass is 19.4. The smallest absolute Gasteiger partial charge is 0.279 e. The third kappa shape index (κ3) is 2.92. The SMILES string of the molecule is CN(/N=N/F)C(=N)C(F)(F)F. The van der Waals surface area contributed by atoms with E-state index in [1.54, 1.807) is 5.34 Å². The van der Waals surface area contributed by atoms with Crippen molar-refractivity contribution in [2.45, 2.75) is 6.18 Å². The fraction of sp³-hybridized carbons (Fsp3) is 0.667. The molecule has 0 aromatic carbocycles. The van der Waals surface area contributed by atoms with Gasteiger partial charge in [0.2, 0.25) is 5.84 Å². The number of amidine groups is 1. The maximum Gasteiger partial charge on any atom is 0.450 e. The first-order chi connectivity index (χ1) is 4.89. The molecule has 0 aliphatic heterocycles. The lowest BCUT2D eigenvalue weighted by atomic mass is 10.6. The van der Waals surface area contributed by atoms with Crippen LogP contribution >= 0.6 is 0 Å². The zero-order valence-electron chi connectivity index (χ0n) is 5.35. The van der Waals surface area contributed by atoms with E-state index in [1.165, 1.54) is 0 Å². The fourth-order valence-electron chi connectivity index (χ4n) is 0.279. The van der Waals surface area contributed by atoms with Crippen molar-refractivity contribution in [3.63, 3.8) is 0 Å². The summed E-state index contributed by atoms with van der Waals surface area (Å²) in [7, 11) is 0.763. The van der Waals surface area contributed by atoms with E-state index in [-0.39, 0.29) is 5.01 Å². The average Bonchev–Trinajstić information content (AvgIpc) is 1.85. The third-order valence-electron chi connectivity index (χ3n) is 0.760. The molecule has 8 heteroatoms. The van der Waals surface area contributed by atoms with E-state index in [1.807, 2.05) is 0 Å². The normalized spacial score (nSPS) is 12.1. The van der Waals surface area contributed by atoms with Gasteiger partial charge in [-0.25, -0.2) is 5.01 Å². The summed E-state index contributed by atoms with van der Waals surface area (Å²) < 4.78 is 45.5. The Hall–Kier alpha value is -1.21. The lowest BCUT2D eigenvalue weighted by molar-refractivity contribution is -0.0692. The first-order valence-corrected chi connectivity index (χ1v) is 2.31. The molecular formula is C3H4F4N4. The summed E-state index contributed by atoms with van der Waals surface area (Å²) in [5.41, 5.74) is 0. The van der Waals surface area contributed by atoms with Crippen molar-refractivity contribution in [3.05, 3.63) is 0 Å². The van der Waals surface area contributed by atoms with Crippen LogP contribution in [0.15, 0.2) is 10.6 Å². The molecule has 0 aromatic heterocycles. The van der Waals surface area contributed by atoms with E-state index in [9.17, 15) is 17.7 Å². The number of nitrogens with zero attached hydrogens (tertiary/aromatic N) is 3. The number of halogens is 4. The van der Waals surface area contributed by atoms with E-state index < -0.39 is 12.0 Å². The third-order valence-corrected chi connectivity index (χ3v) is 0.760. The molecule has 0 saturated heterocycles. The fourth-order valence-corrected chi connectivity index (χ4v) is 0.279. The van der Waals surface area contributed by atoms with E-state index in [0.29, 0.717) is 0 Å². The number of nitrogens with one attached hydrogen (secondary N) is 1. The van der Waals surface area contributed by atoms with Crippen LogP contribution in [0.25, 0.3) is 0 Å². The standard InChI is InChI=1S/C3H4F4N4/c1-11(10-9-7)2(8)3(4,5)6/h8H,1H3/b8-2?,10-9+. The molecule has 0 aromatic rings. The van der Waals surface area contributed by atoms with Crippen LogP contribution in [0.5, 0.6) is 0 Å². The van der Waals surface area contributed by atoms with Gasteiger partial charge in [0.05, 0.1) is 0 Å². The van der Waals surface area contributed by atoms with Crippen LogP contribution < -0.4 is 0 Å². The summed E-state index contributed by atoms with van der Waals surface area (Å²) in [6.07, 6.45) is -4.83. The molecule has 0 aliphatic carbocycles. The monoisotopic (exact) mass is 172 g/mol. The van der Waals surface area contributed by atoms with Crippen molar-refractivity contribution in [3.8, 4) is 0 Å². The maximum atomic E-state index is 11.5. The van der Waals surface area contributed by atoms with Crippen LogP contribution in [0, 0.1) is 5.41 Å². The number of alkyl halides is 3. The zero-order valence-corrected chi connectivity index (χ0v) is 5.35. The molecule has 0 atom stereocenters. The van der Waals surface area contributed by atoms with Crippen LogP contribution in [0.4, 0.5) is 17.7 Å². The second-order valence-electron chi connectivity index (χ2n) is 1.54. The van der Waals surface area contributed by atoms with Crippen molar-refractivity contribution in [1.82, 2.24) is 5.01 Å². The van der Waals surface area contributed by atoms with Crippen LogP contribution in [0.2, 0.25) is 0 Å². The van der Waals surface area contributed by atoms with Crippen LogP contribution in [-0.2, 0) is 0 Å². The first-order valence-electron chi connectivity index (χ1n) is 2.31. The Morgan fingerprint density at radius 1 is 1.45 bits per heavy atom. The van der Waals surface area contributed by atoms with Crippen molar-refractivity contribution in [1.29, 1.82) is 5.41 Å². The minimum Gasteiger partial charge on any atom is -0.279 e. The molecule has 0 heterocycles. The van der Waals surface area contributed by atoms with Gasteiger partial charge in [-0.05, 0) is 5.22 Å². The van der Waals surface area contributed by atoms with Gasteiger partial charge in [0, 0.05) is 12.4 Å².